The van der Waals surface area contributed by atoms with Crippen LogP contribution in [0.4, 0.5) is 4.39 Å². The fourth-order valence-electron chi connectivity index (χ4n) is 1.07. The Kier molecular flexibility index (Phi) is 2.28. The van der Waals surface area contributed by atoms with Crippen LogP contribution in [0.15, 0.2) is 0 Å². The first kappa shape index (κ1) is 7.98. The van der Waals surface area contributed by atoms with Crippen molar-refractivity contribution in [1.82, 2.24) is 0 Å². The third kappa shape index (κ3) is 1.16. The standard InChI is InChI=1S/C5H10BFO3/c6-5-3(7)4(9)2(1-8)10-5/h2-5,8-9H,1,6H2/t2-,3+,4?,5-/m1/s1. The van der Waals surface area contributed by atoms with Crippen LogP contribution in [0.3, 0.4) is 0 Å². The van der Waals surface area contributed by atoms with E-state index in [0.717, 1.165) is 0 Å². The molecule has 4 atom stereocenters. The summed E-state index contributed by atoms with van der Waals surface area (Å²) in [5.41, 5.74) is 0. The van der Waals surface area contributed by atoms with Gasteiger partial charge in [0.25, 0.3) is 0 Å². The van der Waals surface area contributed by atoms with Crippen LogP contribution in [-0.4, -0.2) is 49.0 Å². The summed E-state index contributed by atoms with van der Waals surface area (Å²) in [5.74, 6) is 0. The lowest BCUT2D eigenvalue weighted by atomic mass is 9.94. The highest BCUT2D eigenvalue weighted by molar-refractivity contribution is 6.11. The molecular weight excluding hydrogens is 138 g/mol. The summed E-state index contributed by atoms with van der Waals surface area (Å²) >= 11 is 0. The topological polar surface area (TPSA) is 49.7 Å². The molecule has 5 heteroatoms. The fourth-order valence-corrected chi connectivity index (χ4v) is 1.07. The van der Waals surface area contributed by atoms with E-state index < -0.39 is 24.4 Å². The zero-order valence-electron chi connectivity index (χ0n) is 5.70. The van der Waals surface area contributed by atoms with Crippen molar-refractivity contribution in [2.75, 3.05) is 6.61 Å². The van der Waals surface area contributed by atoms with Gasteiger partial charge in [-0.05, 0) is 0 Å². The van der Waals surface area contributed by atoms with Gasteiger partial charge in [-0.25, -0.2) is 4.39 Å². The Balaban J connectivity index is 2.53. The molecule has 1 rings (SSSR count). The van der Waals surface area contributed by atoms with E-state index in [2.05, 4.69) is 0 Å². The van der Waals surface area contributed by atoms with Crippen molar-refractivity contribution in [2.24, 2.45) is 0 Å². The maximum absolute atomic E-state index is 12.7. The second-order valence-corrected chi connectivity index (χ2v) is 2.50. The molecule has 2 N–H and O–H groups in total. The van der Waals surface area contributed by atoms with Crippen LogP contribution in [0.5, 0.6) is 0 Å². The third-order valence-corrected chi connectivity index (χ3v) is 1.73. The summed E-state index contributed by atoms with van der Waals surface area (Å²) in [6.45, 7) is -0.327. The van der Waals surface area contributed by atoms with Crippen LogP contribution in [-0.2, 0) is 4.74 Å². The van der Waals surface area contributed by atoms with Gasteiger partial charge >= 0.3 is 0 Å². The summed E-state index contributed by atoms with van der Waals surface area (Å²) in [5, 5.41) is 17.5. The number of halogens is 1. The highest BCUT2D eigenvalue weighted by Crippen LogP contribution is 2.21. The lowest BCUT2D eigenvalue weighted by Crippen LogP contribution is -2.30. The van der Waals surface area contributed by atoms with Gasteiger partial charge in [0, 0.05) is 0 Å². The predicted molar refractivity (Wildman–Crippen MR) is 35.2 cm³/mol. The molecule has 1 unspecified atom stereocenters. The Morgan fingerprint density at radius 1 is 1.60 bits per heavy atom. The minimum absolute atomic E-state index is 0.327. The Labute approximate surface area is 59.2 Å². The van der Waals surface area contributed by atoms with Gasteiger partial charge in [0.2, 0.25) is 0 Å². The first-order valence-electron chi connectivity index (χ1n) is 3.25. The summed E-state index contributed by atoms with van der Waals surface area (Å²) in [6.07, 6.45) is -3.28. The van der Waals surface area contributed by atoms with Crippen molar-refractivity contribution in [3.8, 4) is 0 Å². The van der Waals surface area contributed by atoms with Gasteiger partial charge < -0.3 is 14.9 Å². The van der Waals surface area contributed by atoms with Gasteiger partial charge in [-0.2, -0.15) is 0 Å². The Morgan fingerprint density at radius 2 is 2.20 bits per heavy atom. The van der Waals surface area contributed by atoms with E-state index in [9.17, 15) is 4.39 Å². The van der Waals surface area contributed by atoms with E-state index in [-0.39, 0.29) is 6.61 Å². The molecule has 0 aromatic rings. The van der Waals surface area contributed by atoms with Crippen LogP contribution in [0.2, 0.25) is 0 Å². The van der Waals surface area contributed by atoms with E-state index in [1.165, 1.54) is 7.85 Å². The Morgan fingerprint density at radius 3 is 2.40 bits per heavy atom. The molecule has 58 valence electrons. The zero-order chi connectivity index (χ0) is 7.72. The summed E-state index contributed by atoms with van der Waals surface area (Å²) < 4.78 is 17.5. The maximum atomic E-state index is 12.7. The van der Waals surface area contributed by atoms with Crippen molar-refractivity contribution in [3.63, 3.8) is 0 Å². The van der Waals surface area contributed by atoms with E-state index in [4.69, 9.17) is 14.9 Å². The van der Waals surface area contributed by atoms with Crippen LogP contribution >= 0.6 is 0 Å². The molecule has 0 saturated carbocycles. The molecular formula is C5H10BFO3. The number of ether oxygens (including phenoxy) is 1. The van der Waals surface area contributed by atoms with Crippen molar-refractivity contribution in [2.45, 2.75) is 24.4 Å². The summed E-state index contributed by atoms with van der Waals surface area (Å²) in [7, 11) is 1.53. The molecule has 0 aromatic heterocycles. The van der Waals surface area contributed by atoms with Crippen LogP contribution in [0.1, 0.15) is 0 Å². The molecule has 1 fully saturated rings. The van der Waals surface area contributed by atoms with Gasteiger partial charge in [0.1, 0.15) is 26.2 Å². The predicted octanol–water partition coefficient (Wildman–Crippen LogP) is -1.96. The summed E-state index contributed by atoms with van der Waals surface area (Å²) in [6, 6.07) is -0.604. The quantitative estimate of drug-likeness (QED) is 0.424. The monoisotopic (exact) mass is 148 g/mol. The molecule has 10 heavy (non-hydrogen) atoms. The molecule has 1 saturated heterocycles. The molecule has 1 heterocycles. The molecule has 3 nitrogen and oxygen atoms in total. The normalized spacial score (nSPS) is 47.9. The Bertz CT molecular complexity index is 123. The number of aliphatic hydroxyl groups is 2. The van der Waals surface area contributed by atoms with Crippen molar-refractivity contribution in [1.29, 1.82) is 0 Å². The van der Waals surface area contributed by atoms with Crippen LogP contribution < -0.4 is 0 Å². The maximum Gasteiger partial charge on any atom is 0.147 e. The SMILES string of the molecule is B[C@@H]1O[C@H](CO)C(O)[C@@H]1F. The average Bonchev–Trinajstić information content (AvgIpc) is 2.17. The lowest BCUT2D eigenvalue weighted by Gasteiger charge is -2.09. The van der Waals surface area contributed by atoms with Gasteiger partial charge in [-0.15, -0.1) is 0 Å². The minimum atomic E-state index is -1.36. The highest BCUT2D eigenvalue weighted by Gasteiger charge is 2.40. The van der Waals surface area contributed by atoms with Gasteiger partial charge in [0.05, 0.1) is 12.6 Å². The minimum Gasteiger partial charge on any atom is -0.394 e. The van der Waals surface area contributed by atoms with Crippen molar-refractivity contribution in [3.05, 3.63) is 0 Å². The molecule has 0 spiro atoms. The molecule has 1 aliphatic heterocycles. The molecule has 0 radical (unpaired) electrons. The Hall–Kier alpha value is -0.125. The van der Waals surface area contributed by atoms with E-state index >= 15 is 0 Å². The first-order chi connectivity index (χ1) is 4.66. The van der Waals surface area contributed by atoms with Gasteiger partial charge in [-0.3, -0.25) is 0 Å². The number of rotatable bonds is 1. The molecule has 0 bridgehead atoms. The van der Waals surface area contributed by atoms with E-state index in [1.54, 1.807) is 0 Å². The number of hydrogen-bond acceptors (Lipinski definition) is 3. The van der Waals surface area contributed by atoms with Gasteiger partial charge in [0.15, 0.2) is 0 Å². The lowest BCUT2D eigenvalue weighted by molar-refractivity contribution is -0.00566. The van der Waals surface area contributed by atoms with E-state index in [0.29, 0.717) is 0 Å². The van der Waals surface area contributed by atoms with E-state index in [1.807, 2.05) is 0 Å². The number of hydrogen-bond donors (Lipinski definition) is 2. The molecule has 0 aliphatic carbocycles. The number of alkyl halides is 1. The van der Waals surface area contributed by atoms with Crippen molar-refractivity contribution >= 4 is 7.85 Å². The highest BCUT2D eigenvalue weighted by atomic mass is 19.1. The third-order valence-electron chi connectivity index (χ3n) is 1.73. The zero-order valence-corrected chi connectivity index (χ0v) is 5.70. The van der Waals surface area contributed by atoms with Crippen LogP contribution in [0.25, 0.3) is 0 Å². The first-order valence-corrected chi connectivity index (χ1v) is 3.25. The fraction of sp³-hybridized carbons (Fsp3) is 1.00. The summed E-state index contributed by atoms with van der Waals surface area (Å²) in [4.78, 5) is 0. The molecule has 0 aromatic carbocycles. The second-order valence-electron chi connectivity index (χ2n) is 2.50. The molecule has 0 amide bonds. The van der Waals surface area contributed by atoms with Gasteiger partial charge in [-0.1, -0.05) is 0 Å². The largest absolute Gasteiger partial charge is 0.394 e. The smallest absolute Gasteiger partial charge is 0.147 e. The van der Waals surface area contributed by atoms with Crippen LogP contribution in [0, 0.1) is 0 Å². The second kappa shape index (κ2) is 2.86. The molecule has 1 aliphatic rings. The average molecular weight is 148 g/mol. The van der Waals surface area contributed by atoms with Crippen molar-refractivity contribution < 1.29 is 19.3 Å². The number of aliphatic hydroxyl groups excluding tert-OH is 2.